The number of nitrogens with one attached hydrogen (secondary N) is 3. The van der Waals surface area contributed by atoms with Crippen molar-refractivity contribution in [1.29, 1.82) is 0 Å². The SMILES string of the molecule is CSCCC(NC(=O)C(CCCN=C(N)N)NC(=O)C(CCC(=O)O)NC(=O)CN)C(=O)O. The van der Waals surface area contributed by atoms with Crippen molar-refractivity contribution in [3.63, 3.8) is 0 Å². The number of aliphatic carboxylic acids is 2. The van der Waals surface area contributed by atoms with Crippen LogP contribution in [0.4, 0.5) is 0 Å². The van der Waals surface area contributed by atoms with Gasteiger partial charge in [-0.3, -0.25) is 24.2 Å². The van der Waals surface area contributed by atoms with E-state index in [0.717, 1.165) is 0 Å². The molecule has 0 radical (unpaired) electrons. The molecule has 15 heteroatoms. The fourth-order valence-electron chi connectivity index (χ4n) is 2.60. The Morgan fingerprint density at radius 1 is 0.909 bits per heavy atom. The van der Waals surface area contributed by atoms with Gasteiger partial charge in [-0.25, -0.2) is 4.79 Å². The van der Waals surface area contributed by atoms with Crippen molar-refractivity contribution < 1.29 is 34.2 Å². The Bertz CT molecular complexity index is 716. The minimum atomic E-state index is -1.25. The number of nitrogens with two attached hydrogens (primary N) is 3. The topological polar surface area (TPSA) is 252 Å². The summed E-state index contributed by atoms with van der Waals surface area (Å²) in [4.78, 5) is 63.3. The quantitative estimate of drug-likeness (QED) is 0.0584. The second-order valence-electron chi connectivity index (χ2n) is 6.95. The van der Waals surface area contributed by atoms with Crippen LogP contribution in [-0.2, 0) is 24.0 Å². The van der Waals surface area contributed by atoms with Crippen molar-refractivity contribution in [1.82, 2.24) is 16.0 Å². The van der Waals surface area contributed by atoms with Crippen molar-refractivity contribution in [2.45, 2.75) is 50.2 Å². The molecule has 3 amide bonds. The lowest BCUT2D eigenvalue weighted by molar-refractivity contribution is -0.142. The predicted octanol–water partition coefficient (Wildman–Crippen LogP) is -2.84. The summed E-state index contributed by atoms with van der Waals surface area (Å²) in [7, 11) is 0. The Labute approximate surface area is 195 Å². The van der Waals surface area contributed by atoms with Crippen molar-refractivity contribution in [3.8, 4) is 0 Å². The lowest BCUT2D eigenvalue weighted by atomic mass is 10.1. The average molecular weight is 492 g/mol. The van der Waals surface area contributed by atoms with Gasteiger partial charge in [0.05, 0.1) is 6.54 Å². The molecule has 0 rings (SSSR count). The van der Waals surface area contributed by atoms with Gasteiger partial charge in [-0.05, 0) is 37.7 Å². The molecular weight excluding hydrogens is 458 g/mol. The Morgan fingerprint density at radius 3 is 1.97 bits per heavy atom. The average Bonchev–Trinajstić information content (AvgIpc) is 2.74. The summed E-state index contributed by atoms with van der Waals surface area (Å²) in [6.45, 7) is -0.266. The van der Waals surface area contributed by atoms with E-state index in [-0.39, 0.29) is 38.2 Å². The molecule has 0 fully saturated rings. The molecule has 0 heterocycles. The van der Waals surface area contributed by atoms with Crippen LogP contribution in [0.15, 0.2) is 4.99 Å². The van der Waals surface area contributed by atoms with Gasteiger partial charge in [0.15, 0.2) is 5.96 Å². The highest BCUT2D eigenvalue weighted by atomic mass is 32.2. The third kappa shape index (κ3) is 13.8. The Kier molecular flexibility index (Phi) is 15.0. The van der Waals surface area contributed by atoms with E-state index in [2.05, 4.69) is 20.9 Å². The van der Waals surface area contributed by atoms with Crippen LogP contribution in [0, 0.1) is 0 Å². The summed E-state index contributed by atoms with van der Waals surface area (Å²) in [5.41, 5.74) is 15.8. The second kappa shape index (κ2) is 16.5. The molecule has 0 saturated heterocycles. The van der Waals surface area contributed by atoms with Crippen LogP contribution in [0.2, 0.25) is 0 Å². The molecule has 0 aromatic carbocycles. The van der Waals surface area contributed by atoms with E-state index < -0.39 is 60.8 Å². The summed E-state index contributed by atoms with van der Waals surface area (Å²) in [6, 6.07) is -3.59. The Balaban J connectivity index is 5.47. The maximum absolute atomic E-state index is 12.8. The van der Waals surface area contributed by atoms with E-state index in [4.69, 9.17) is 22.3 Å². The Hall–Kier alpha value is -3.07. The Morgan fingerprint density at radius 2 is 1.48 bits per heavy atom. The highest BCUT2D eigenvalue weighted by Gasteiger charge is 2.29. The van der Waals surface area contributed by atoms with Crippen molar-refractivity contribution in [2.75, 3.05) is 25.1 Å². The number of thioether (sulfide) groups is 1. The van der Waals surface area contributed by atoms with Crippen LogP contribution in [0.3, 0.4) is 0 Å². The number of nitrogens with zero attached hydrogens (tertiary/aromatic N) is 1. The standard InChI is InChI=1S/C18H33N7O7S/c1-33-8-6-12(17(31)32)25-15(29)10(3-2-7-22-18(20)21)24-16(30)11(4-5-14(27)28)23-13(26)9-19/h10-12H,2-9,19H2,1H3,(H,23,26)(H,24,30)(H,25,29)(H,27,28)(H,31,32)(H4,20,21,22). The minimum absolute atomic E-state index is 0.0553. The highest BCUT2D eigenvalue weighted by molar-refractivity contribution is 7.98. The monoisotopic (exact) mass is 491 g/mol. The molecule has 0 aliphatic rings. The smallest absolute Gasteiger partial charge is 0.326 e. The summed E-state index contributed by atoms with van der Waals surface area (Å²) in [5.74, 6) is -4.31. The number of rotatable bonds is 17. The zero-order valence-electron chi connectivity index (χ0n) is 18.4. The predicted molar refractivity (Wildman–Crippen MR) is 122 cm³/mol. The molecular formula is C18H33N7O7S. The van der Waals surface area contributed by atoms with Gasteiger partial charge in [0.1, 0.15) is 18.1 Å². The molecule has 188 valence electrons. The van der Waals surface area contributed by atoms with Crippen LogP contribution in [-0.4, -0.2) is 89.1 Å². The molecule has 3 atom stereocenters. The number of hydrogen-bond donors (Lipinski definition) is 8. The molecule has 0 aromatic rings. The van der Waals surface area contributed by atoms with Gasteiger partial charge in [-0.2, -0.15) is 11.8 Å². The third-order valence-electron chi connectivity index (χ3n) is 4.29. The summed E-state index contributed by atoms with van der Waals surface area (Å²) < 4.78 is 0. The van der Waals surface area contributed by atoms with Crippen LogP contribution < -0.4 is 33.2 Å². The first kappa shape index (κ1) is 29.9. The van der Waals surface area contributed by atoms with E-state index in [0.29, 0.717) is 5.75 Å². The first-order chi connectivity index (χ1) is 15.5. The van der Waals surface area contributed by atoms with Gasteiger partial charge in [0.2, 0.25) is 17.7 Å². The van der Waals surface area contributed by atoms with Crippen LogP contribution >= 0.6 is 11.8 Å². The zero-order chi connectivity index (χ0) is 25.4. The molecule has 33 heavy (non-hydrogen) atoms. The lowest BCUT2D eigenvalue weighted by Crippen LogP contribution is -2.56. The number of aliphatic imine (C=N–C) groups is 1. The zero-order valence-corrected chi connectivity index (χ0v) is 19.2. The number of guanidine groups is 1. The molecule has 11 N–H and O–H groups in total. The van der Waals surface area contributed by atoms with Crippen LogP contribution in [0.25, 0.3) is 0 Å². The van der Waals surface area contributed by atoms with Crippen LogP contribution in [0.1, 0.15) is 32.1 Å². The van der Waals surface area contributed by atoms with E-state index in [9.17, 15) is 29.1 Å². The molecule has 0 bridgehead atoms. The molecule has 0 aliphatic carbocycles. The molecule has 0 spiro atoms. The second-order valence-corrected chi connectivity index (χ2v) is 7.93. The first-order valence-corrected chi connectivity index (χ1v) is 11.5. The van der Waals surface area contributed by atoms with Gasteiger partial charge in [-0.15, -0.1) is 0 Å². The maximum Gasteiger partial charge on any atom is 0.326 e. The molecule has 0 saturated carbocycles. The van der Waals surface area contributed by atoms with Gasteiger partial charge >= 0.3 is 11.9 Å². The molecule has 3 unspecified atom stereocenters. The fraction of sp³-hybridized carbons (Fsp3) is 0.667. The molecule has 0 aromatic heterocycles. The van der Waals surface area contributed by atoms with Gasteiger partial charge in [-0.1, -0.05) is 0 Å². The van der Waals surface area contributed by atoms with E-state index in [1.807, 2.05) is 0 Å². The van der Waals surface area contributed by atoms with Gasteiger partial charge < -0.3 is 43.4 Å². The normalized spacial score (nSPS) is 13.2. The summed E-state index contributed by atoms with van der Waals surface area (Å²) in [6.07, 6.45) is 1.64. The number of carboxylic acids is 2. The number of hydrogen-bond acceptors (Lipinski definition) is 8. The minimum Gasteiger partial charge on any atom is -0.481 e. The first-order valence-electron chi connectivity index (χ1n) is 10.1. The summed E-state index contributed by atoms with van der Waals surface area (Å²) in [5, 5.41) is 25.4. The van der Waals surface area contributed by atoms with Crippen molar-refractivity contribution in [2.24, 2.45) is 22.2 Å². The van der Waals surface area contributed by atoms with Gasteiger partial charge in [0, 0.05) is 13.0 Å². The maximum atomic E-state index is 12.8. The lowest BCUT2D eigenvalue weighted by Gasteiger charge is -2.24. The highest BCUT2D eigenvalue weighted by Crippen LogP contribution is 2.06. The van der Waals surface area contributed by atoms with E-state index in [1.54, 1.807) is 6.26 Å². The fourth-order valence-corrected chi connectivity index (χ4v) is 3.07. The largest absolute Gasteiger partial charge is 0.481 e. The third-order valence-corrected chi connectivity index (χ3v) is 4.93. The van der Waals surface area contributed by atoms with Crippen molar-refractivity contribution >= 4 is 47.4 Å². The van der Waals surface area contributed by atoms with E-state index in [1.165, 1.54) is 11.8 Å². The molecule has 0 aliphatic heterocycles. The number of carbonyl (C=O) groups excluding carboxylic acids is 3. The van der Waals surface area contributed by atoms with Crippen molar-refractivity contribution in [3.05, 3.63) is 0 Å². The van der Waals surface area contributed by atoms with Crippen LogP contribution in [0.5, 0.6) is 0 Å². The summed E-state index contributed by atoms with van der Waals surface area (Å²) >= 11 is 1.41. The van der Waals surface area contributed by atoms with Gasteiger partial charge in [0.25, 0.3) is 0 Å². The number of amides is 3. The van der Waals surface area contributed by atoms with E-state index >= 15 is 0 Å². The number of carboxylic acid groups (broad SMARTS) is 2. The molecule has 14 nitrogen and oxygen atoms in total. The number of carbonyl (C=O) groups is 5.